The molecule has 0 heterocycles. The average molecular weight is 296 g/mol. The van der Waals surface area contributed by atoms with Crippen molar-refractivity contribution >= 4 is 5.97 Å². The molecular weight excluding hydrogens is 277 g/mol. The second-order valence-corrected chi connectivity index (χ2v) is 4.40. The molecule has 1 atom stereocenters. The molecule has 0 aliphatic rings. The monoisotopic (exact) mass is 296 g/mol. The summed E-state index contributed by atoms with van der Waals surface area (Å²) in [5.74, 6) is -0.608. The minimum Gasteiger partial charge on any atom is -0.465 e. The van der Waals surface area contributed by atoms with Gasteiger partial charge in [0.05, 0.1) is 6.61 Å². The van der Waals surface area contributed by atoms with Crippen LogP contribution in [0.25, 0.3) is 10.4 Å². The number of alkyl halides is 3. The van der Waals surface area contributed by atoms with Crippen molar-refractivity contribution in [2.75, 3.05) is 19.7 Å². The van der Waals surface area contributed by atoms with Gasteiger partial charge in [-0.1, -0.05) is 5.11 Å². The summed E-state index contributed by atoms with van der Waals surface area (Å²) in [7, 11) is 0. The summed E-state index contributed by atoms with van der Waals surface area (Å²) in [6, 6.07) is 0. The highest BCUT2D eigenvalue weighted by Gasteiger charge is 2.35. The molecule has 6 nitrogen and oxygen atoms in total. The predicted octanol–water partition coefficient (Wildman–Crippen LogP) is 2.94. The molecule has 9 heteroatoms. The molecule has 0 radical (unpaired) electrons. The lowest BCUT2D eigenvalue weighted by Gasteiger charge is -2.28. The molecule has 0 rings (SSSR count). The number of nitrogens with zero attached hydrogens (tertiary/aromatic N) is 3. The zero-order valence-electron chi connectivity index (χ0n) is 11.5. The number of carbonyl (C=O) groups excluding carboxylic acids is 1. The minimum absolute atomic E-state index is 0.0123. The highest BCUT2D eigenvalue weighted by atomic mass is 19.4. The van der Waals surface area contributed by atoms with Crippen molar-refractivity contribution in [2.24, 2.45) is 5.11 Å². The Morgan fingerprint density at radius 1 is 1.40 bits per heavy atom. The molecule has 20 heavy (non-hydrogen) atoms. The lowest BCUT2D eigenvalue weighted by Crippen LogP contribution is -2.51. The van der Waals surface area contributed by atoms with Crippen molar-refractivity contribution in [1.82, 2.24) is 5.32 Å². The molecule has 0 spiro atoms. The molecular formula is C11H19F3N4O2. The molecule has 0 aliphatic heterocycles. The molecule has 0 aromatic carbocycles. The molecule has 0 bridgehead atoms. The molecule has 0 aromatic rings. The van der Waals surface area contributed by atoms with Crippen LogP contribution in [0.2, 0.25) is 0 Å². The maximum Gasteiger partial charge on any atom is 0.389 e. The van der Waals surface area contributed by atoms with Gasteiger partial charge >= 0.3 is 12.1 Å². The van der Waals surface area contributed by atoms with Gasteiger partial charge < -0.3 is 10.1 Å². The smallest absolute Gasteiger partial charge is 0.389 e. The second kappa shape index (κ2) is 8.65. The van der Waals surface area contributed by atoms with Gasteiger partial charge in [-0.15, -0.1) is 0 Å². The van der Waals surface area contributed by atoms with Crippen LogP contribution >= 0.6 is 0 Å². The van der Waals surface area contributed by atoms with Crippen LogP contribution in [0.1, 0.15) is 33.1 Å². The number of rotatable bonds is 9. The highest BCUT2D eigenvalue weighted by Crippen LogP contribution is 2.25. The normalized spacial score (nSPS) is 14.2. The standard InChI is InChI=1S/C11H19F3N4O2/c1-3-20-9(19)10(2,16-7-8-17-18-15)5-4-6-11(12,13)14/h16H,3-8H2,1-2H3. The average Bonchev–Trinajstić information content (AvgIpc) is 2.33. The molecule has 0 saturated heterocycles. The first-order chi connectivity index (χ1) is 9.25. The molecule has 0 amide bonds. The Kier molecular flexibility index (Phi) is 8.02. The molecule has 116 valence electrons. The third-order valence-corrected chi connectivity index (χ3v) is 2.65. The zero-order valence-corrected chi connectivity index (χ0v) is 11.5. The number of esters is 1. The zero-order chi connectivity index (χ0) is 15.6. The Labute approximate surface area is 115 Å². The van der Waals surface area contributed by atoms with Gasteiger partial charge in [-0.25, -0.2) is 0 Å². The highest BCUT2D eigenvalue weighted by molar-refractivity contribution is 5.80. The number of hydrogen-bond donors (Lipinski definition) is 1. The van der Waals surface area contributed by atoms with E-state index >= 15 is 0 Å². The maximum atomic E-state index is 12.1. The fourth-order valence-electron chi connectivity index (χ4n) is 1.62. The molecule has 1 unspecified atom stereocenters. The van der Waals surface area contributed by atoms with Crippen LogP contribution < -0.4 is 5.32 Å². The SMILES string of the molecule is CCOC(=O)C(C)(CCCC(F)(F)F)NCCN=[N+]=[N-]. The van der Waals surface area contributed by atoms with E-state index < -0.39 is 24.1 Å². The van der Waals surface area contributed by atoms with Crippen LogP contribution in [-0.4, -0.2) is 37.4 Å². The van der Waals surface area contributed by atoms with Gasteiger partial charge in [-0.3, -0.25) is 4.79 Å². The third kappa shape index (κ3) is 7.85. The van der Waals surface area contributed by atoms with Crippen molar-refractivity contribution < 1.29 is 22.7 Å². The third-order valence-electron chi connectivity index (χ3n) is 2.65. The molecule has 0 aliphatic carbocycles. The Hall–Kier alpha value is -1.47. The molecule has 0 saturated carbocycles. The number of ether oxygens (including phenoxy) is 1. The van der Waals surface area contributed by atoms with Crippen molar-refractivity contribution in [3.05, 3.63) is 10.4 Å². The first-order valence-electron chi connectivity index (χ1n) is 6.25. The van der Waals surface area contributed by atoms with Crippen molar-refractivity contribution in [3.8, 4) is 0 Å². The van der Waals surface area contributed by atoms with E-state index in [-0.39, 0.29) is 32.5 Å². The first-order valence-corrected chi connectivity index (χ1v) is 6.25. The van der Waals surface area contributed by atoms with E-state index in [1.165, 1.54) is 6.92 Å². The summed E-state index contributed by atoms with van der Waals surface area (Å²) in [5, 5.41) is 6.08. The Bertz CT molecular complexity index is 356. The van der Waals surface area contributed by atoms with Crippen LogP contribution in [0.3, 0.4) is 0 Å². The van der Waals surface area contributed by atoms with Gasteiger partial charge in [0, 0.05) is 24.4 Å². The number of hydrogen-bond acceptors (Lipinski definition) is 4. The van der Waals surface area contributed by atoms with Crippen molar-refractivity contribution in [3.63, 3.8) is 0 Å². The first kappa shape index (κ1) is 18.5. The van der Waals surface area contributed by atoms with Gasteiger partial charge in [0.15, 0.2) is 0 Å². The number of nitrogens with one attached hydrogen (secondary N) is 1. The van der Waals surface area contributed by atoms with Gasteiger partial charge in [-0.05, 0) is 32.2 Å². The largest absolute Gasteiger partial charge is 0.465 e. The van der Waals surface area contributed by atoms with E-state index in [4.69, 9.17) is 10.3 Å². The number of halogens is 3. The van der Waals surface area contributed by atoms with Crippen LogP contribution in [0, 0.1) is 0 Å². The van der Waals surface area contributed by atoms with Crippen LogP contribution in [0.4, 0.5) is 13.2 Å². The van der Waals surface area contributed by atoms with Crippen LogP contribution in [0.15, 0.2) is 5.11 Å². The topological polar surface area (TPSA) is 87.1 Å². The number of azide groups is 1. The molecule has 0 aromatic heterocycles. The molecule has 0 fully saturated rings. The van der Waals surface area contributed by atoms with Crippen LogP contribution in [-0.2, 0) is 9.53 Å². The summed E-state index contributed by atoms with van der Waals surface area (Å²) in [6.07, 6.45) is -5.41. The van der Waals surface area contributed by atoms with E-state index in [0.717, 1.165) is 0 Å². The number of carbonyl (C=O) groups is 1. The van der Waals surface area contributed by atoms with Crippen molar-refractivity contribution in [1.29, 1.82) is 0 Å². The van der Waals surface area contributed by atoms with Gasteiger partial charge in [0.2, 0.25) is 0 Å². The minimum atomic E-state index is -4.25. The predicted molar refractivity (Wildman–Crippen MR) is 67.0 cm³/mol. The fourth-order valence-corrected chi connectivity index (χ4v) is 1.62. The van der Waals surface area contributed by atoms with E-state index in [1.54, 1.807) is 6.92 Å². The second-order valence-electron chi connectivity index (χ2n) is 4.40. The summed E-state index contributed by atoms with van der Waals surface area (Å²) >= 11 is 0. The Morgan fingerprint density at radius 3 is 2.55 bits per heavy atom. The van der Waals surface area contributed by atoms with E-state index in [1.807, 2.05) is 0 Å². The van der Waals surface area contributed by atoms with Gasteiger partial charge in [0.1, 0.15) is 5.54 Å². The Balaban J connectivity index is 4.52. The summed E-state index contributed by atoms with van der Waals surface area (Å²) in [4.78, 5) is 14.4. The Morgan fingerprint density at radius 2 is 2.05 bits per heavy atom. The van der Waals surface area contributed by atoms with E-state index in [0.29, 0.717) is 0 Å². The fraction of sp³-hybridized carbons (Fsp3) is 0.909. The summed E-state index contributed by atoms with van der Waals surface area (Å²) < 4.78 is 41.3. The van der Waals surface area contributed by atoms with Crippen molar-refractivity contribution in [2.45, 2.75) is 44.8 Å². The van der Waals surface area contributed by atoms with E-state index in [9.17, 15) is 18.0 Å². The summed E-state index contributed by atoms with van der Waals surface area (Å²) in [5.41, 5.74) is 6.92. The lowest BCUT2D eigenvalue weighted by atomic mass is 9.94. The van der Waals surface area contributed by atoms with Gasteiger partial charge in [0.25, 0.3) is 0 Å². The maximum absolute atomic E-state index is 12.1. The molecule has 1 N–H and O–H groups in total. The summed E-state index contributed by atoms with van der Waals surface area (Å²) in [6.45, 7) is 3.54. The van der Waals surface area contributed by atoms with Gasteiger partial charge in [-0.2, -0.15) is 13.2 Å². The lowest BCUT2D eigenvalue weighted by molar-refractivity contribution is -0.153. The quantitative estimate of drug-likeness (QED) is 0.233. The van der Waals surface area contributed by atoms with Crippen LogP contribution in [0.5, 0.6) is 0 Å². The van der Waals surface area contributed by atoms with E-state index in [2.05, 4.69) is 15.3 Å².